The zero-order valence-electron chi connectivity index (χ0n) is 13.3. The molecule has 24 heavy (non-hydrogen) atoms. The highest BCUT2D eigenvalue weighted by Gasteiger charge is 2.43. The van der Waals surface area contributed by atoms with Crippen LogP contribution in [0.25, 0.3) is 0 Å². The molecule has 5 heteroatoms. The second-order valence-electron chi connectivity index (χ2n) is 5.82. The molecular formula is C19H22O5. The van der Waals surface area contributed by atoms with Gasteiger partial charge in [0.05, 0.1) is 19.8 Å². The van der Waals surface area contributed by atoms with Gasteiger partial charge in [0.2, 0.25) is 0 Å². The third kappa shape index (κ3) is 4.41. The molecule has 4 atom stereocenters. The Kier molecular flexibility index (Phi) is 5.96. The van der Waals surface area contributed by atoms with E-state index in [1.807, 2.05) is 60.7 Å². The summed E-state index contributed by atoms with van der Waals surface area (Å²) in [4.78, 5) is 0. The molecule has 0 bridgehead atoms. The molecule has 5 nitrogen and oxygen atoms in total. The van der Waals surface area contributed by atoms with E-state index in [1.54, 1.807) is 0 Å². The van der Waals surface area contributed by atoms with Crippen LogP contribution in [0.3, 0.4) is 0 Å². The summed E-state index contributed by atoms with van der Waals surface area (Å²) in [5.74, 6) is 0. The Hall–Kier alpha value is -1.76. The third-order valence-electron chi connectivity index (χ3n) is 3.99. The fourth-order valence-corrected chi connectivity index (χ4v) is 2.69. The molecule has 2 aromatic carbocycles. The molecule has 2 N–H and O–H groups in total. The number of hydrogen-bond acceptors (Lipinski definition) is 5. The molecule has 0 radical (unpaired) electrons. The van der Waals surface area contributed by atoms with Crippen molar-refractivity contribution >= 4 is 0 Å². The molecule has 0 aliphatic carbocycles. The van der Waals surface area contributed by atoms with Crippen molar-refractivity contribution in [1.29, 1.82) is 0 Å². The van der Waals surface area contributed by atoms with Gasteiger partial charge >= 0.3 is 0 Å². The minimum Gasteiger partial charge on any atom is -0.385 e. The maximum absolute atomic E-state index is 10.1. The van der Waals surface area contributed by atoms with Gasteiger partial charge in [-0.3, -0.25) is 0 Å². The predicted molar refractivity (Wildman–Crippen MR) is 88.0 cm³/mol. The van der Waals surface area contributed by atoms with Gasteiger partial charge in [-0.15, -0.1) is 0 Å². The highest BCUT2D eigenvalue weighted by atomic mass is 16.7. The normalized spacial score (nSPS) is 26.6. The number of benzene rings is 2. The van der Waals surface area contributed by atoms with Crippen LogP contribution in [-0.2, 0) is 27.4 Å². The van der Waals surface area contributed by atoms with Gasteiger partial charge in [-0.25, -0.2) is 0 Å². The Labute approximate surface area is 141 Å². The molecule has 0 spiro atoms. The lowest BCUT2D eigenvalue weighted by Crippen LogP contribution is -2.37. The first-order valence-corrected chi connectivity index (χ1v) is 8.03. The molecular weight excluding hydrogens is 308 g/mol. The maximum atomic E-state index is 10.1. The van der Waals surface area contributed by atoms with E-state index in [-0.39, 0.29) is 6.61 Å². The summed E-state index contributed by atoms with van der Waals surface area (Å²) in [7, 11) is 0. The second kappa shape index (κ2) is 8.37. The topological polar surface area (TPSA) is 68.2 Å². The highest BCUT2D eigenvalue weighted by molar-refractivity contribution is 5.14. The van der Waals surface area contributed by atoms with Crippen LogP contribution in [0.5, 0.6) is 0 Å². The van der Waals surface area contributed by atoms with E-state index in [4.69, 9.17) is 14.2 Å². The zero-order chi connectivity index (χ0) is 16.8. The zero-order valence-corrected chi connectivity index (χ0v) is 13.3. The van der Waals surface area contributed by atoms with E-state index in [1.165, 1.54) is 0 Å². The highest BCUT2D eigenvalue weighted by Crippen LogP contribution is 2.24. The molecule has 0 amide bonds. The van der Waals surface area contributed by atoms with Crippen molar-refractivity contribution in [3.63, 3.8) is 0 Å². The minimum atomic E-state index is -1.25. The molecule has 3 rings (SSSR count). The van der Waals surface area contributed by atoms with Crippen LogP contribution in [0.2, 0.25) is 0 Å². The summed E-state index contributed by atoms with van der Waals surface area (Å²) in [6.07, 6.45) is -3.48. The number of hydrogen-bond donors (Lipinski definition) is 2. The minimum absolute atomic E-state index is 0.239. The summed E-state index contributed by atoms with van der Waals surface area (Å²) >= 11 is 0. The van der Waals surface area contributed by atoms with Crippen LogP contribution in [-0.4, -0.2) is 41.4 Å². The number of aliphatic hydroxyl groups excluding tert-OH is 2. The molecule has 1 aliphatic rings. The lowest BCUT2D eigenvalue weighted by molar-refractivity contribution is -0.137. The van der Waals surface area contributed by atoms with Crippen molar-refractivity contribution in [2.75, 3.05) is 6.61 Å². The van der Waals surface area contributed by atoms with E-state index in [0.29, 0.717) is 13.2 Å². The Balaban J connectivity index is 1.52. The van der Waals surface area contributed by atoms with Gasteiger partial charge in [0.25, 0.3) is 0 Å². The largest absolute Gasteiger partial charge is 0.385 e. The Morgan fingerprint density at radius 3 is 2.04 bits per heavy atom. The van der Waals surface area contributed by atoms with Crippen molar-refractivity contribution in [1.82, 2.24) is 0 Å². The van der Waals surface area contributed by atoms with Crippen LogP contribution in [0, 0.1) is 0 Å². The molecule has 2 unspecified atom stereocenters. The fraction of sp³-hybridized carbons (Fsp3) is 0.368. The van der Waals surface area contributed by atoms with Gasteiger partial charge in [0.15, 0.2) is 6.29 Å². The van der Waals surface area contributed by atoms with E-state index in [0.717, 1.165) is 11.1 Å². The summed E-state index contributed by atoms with van der Waals surface area (Å²) in [6.45, 7) is 1.02. The van der Waals surface area contributed by atoms with Crippen molar-refractivity contribution in [3.05, 3.63) is 71.8 Å². The van der Waals surface area contributed by atoms with Gasteiger partial charge < -0.3 is 24.4 Å². The van der Waals surface area contributed by atoms with Crippen molar-refractivity contribution in [2.45, 2.75) is 37.8 Å². The van der Waals surface area contributed by atoms with Crippen molar-refractivity contribution in [2.24, 2.45) is 0 Å². The lowest BCUT2D eigenvalue weighted by Gasteiger charge is -2.20. The van der Waals surface area contributed by atoms with Crippen molar-refractivity contribution in [3.8, 4) is 0 Å². The van der Waals surface area contributed by atoms with Gasteiger partial charge in [-0.05, 0) is 11.1 Å². The molecule has 1 aliphatic heterocycles. The molecule has 2 aromatic rings. The van der Waals surface area contributed by atoms with Crippen LogP contribution in [0.15, 0.2) is 60.7 Å². The van der Waals surface area contributed by atoms with Gasteiger partial charge in [0, 0.05) is 0 Å². The van der Waals surface area contributed by atoms with Crippen LogP contribution < -0.4 is 0 Å². The Morgan fingerprint density at radius 1 is 0.833 bits per heavy atom. The third-order valence-corrected chi connectivity index (χ3v) is 3.99. The molecule has 1 saturated heterocycles. The van der Waals surface area contributed by atoms with Gasteiger partial charge in [-0.1, -0.05) is 60.7 Å². The van der Waals surface area contributed by atoms with E-state index < -0.39 is 24.6 Å². The van der Waals surface area contributed by atoms with Crippen LogP contribution in [0.4, 0.5) is 0 Å². The van der Waals surface area contributed by atoms with Crippen LogP contribution >= 0.6 is 0 Å². The number of ether oxygens (including phenoxy) is 3. The summed E-state index contributed by atoms with van der Waals surface area (Å²) in [5.41, 5.74) is 2.05. The van der Waals surface area contributed by atoms with Crippen LogP contribution in [0.1, 0.15) is 11.1 Å². The van der Waals surface area contributed by atoms with Gasteiger partial charge in [0.1, 0.15) is 18.3 Å². The number of aliphatic hydroxyl groups is 2. The standard InChI is InChI=1S/C19H22O5/c20-17-18(23-12-15-9-5-2-6-10-15)16(24-19(17)21)13-22-11-14-7-3-1-4-8-14/h1-10,16-21H,11-13H2/t16-,17+,18?,19?/m1/s1. The summed E-state index contributed by atoms with van der Waals surface area (Å²) in [6, 6.07) is 19.5. The molecule has 128 valence electrons. The summed E-state index contributed by atoms with van der Waals surface area (Å²) < 4.78 is 16.8. The molecule has 0 saturated carbocycles. The summed E-state index contributed by atoms with van der Waals surface area (Å²) in [5, 5.41) is 19.8. The van der Waals surface area contributed by atoms with Crippen molar-refractivity contribution < 1.29 is 24.4 Å². The molecule has 0 aromatic heterocycles. The second-order valence-corrected chi connectivity index (χ2v) is 5.82. The van der Waals surface area contributed by atoms with E-state index in [9.17, 15) is 10.2 Å². The average Bonchev–Trinajstić information content (AvgIpc) is 2.89. The predicted octanol–water partition coefficient (Wildman–Crippen LogP) is 1.87. The monoisotopic (exact) mass is 330 g/mol. The molecule has 1 fully saturated rings. The Morgan fingerprint density at radius 2 is 1.42 bits per heavy atom. The van der Waals surface area contributed by atoms with E-state index in [2.05, 4.69) is 0 Å². The maximum Gasteiger partial charge on any atom is 0.184 e. The Bertz CT molecular complexity index is 604. The first-order chi connectivity index (χ1) is 11.7. The first-order valence-electron chi connectivity index (χ1n) is 8.03. The number of rotatable bonds is 7. The van der Waals surface area contributed by atoms with E-state index >= 15 is 0 Å². The van der Waals surface area contributed by atoms with Gasteiger partial charge in [-0.2, -0.15) is 0 Å². The quantitative estimate of drug-likeness (QED) is 0.811. The SMILES string of the molecule is OC1O[C@H](COCc2ccccc2)C(OCc2ccccc2)[C@@H]1O. The first kappa shape index (κ1) is 17.1. The average molecular weight is 330 g/mol. The fourth-order valence-electron chi connectivity index (χ4n) is 2.69. The lowest BCUT2D eigenvalue weighted by atomic mass is 10.1. The molecule has 1 heterocycles. The smallest absolute Gasteiger partial charge is 0.184 e.